The van der Waals surface area contributed by atoms with Gasteiger partial charge < -0.3 is 5.21 Å². The molecule has 1 rings (SSSR count). The third-order valence-electron chi connectivity index (χ3n) is 1.19. The highest BCUT2D eigenvalue weighted by Crippen LogP contribution is 2.06. The summed E-state index contributed by atoms with van der Waals surface area (Å²) in [6, 6.07) is 1.66. The standard InChI is InChI=1S/C6H9N2O/c1-5(2)6-3-4-8(9)7-6/h3,5,7H,1-2H3. The van der Waals surface area contributed by atoms with Crippen molar-refractivity contribution in [3.05, 3.63) is 23.2 Å². The van der Waals surface area contributed by atoms with E-state index in [-0.39, 0.29) is 0 Å². The van der Waals surface area contributed by atoms with E-state index in [1.165, 1.54) is 0 Å². The van der Waals surface area contributed by atoms with E-state index in [1.807, 2.05) is 13.8 Å². The van der Waals surface area contributed by atoms with Crippen molar-refractivity contribution in [1.29, 1.82) is 0 Å². The van der Waals surface area contributed by atoms with Crippen molar-refractivity contribution in [2.45, 2.75) is 19.8 Å². The van der Waals surface area contributed by atoms with E-state index >= 15 is 0 Å². The average molecular weight is 125 g/mol. The number of nitrogens with zero attached hydrogens (tertiary/aromatic N) is 1. The molecule has 9 heavy (non-hydrogen) atoms. The Morgan fingerprint density at radius 1 is 1.78 bits per heavy atom. The fourth-order valence-corrected chi connectivity index (χ4v) is 0.606. The zero-order valence-electron chi connectivity index (χ0n) is 5.51. The van der Waals surface area contributed by atoms with Gasteiger partial charge in [0.25, 0.3) is 0 Å². The third-order valence-corrected chi connectivity index (χ3v) is 1.19. The Labute approximate surface area is 53.9 Å². The Morgan fingerprint density at radius 3 is 2.67 bits per heavy atom. The summed E-state index contributed by atoms with van der Waals surface area (Å²) in [6.07, 6.45) is 2.46. The number of aromatic nitrogens is 2. The average Bonchev–Trinajstić information content (AvgIpc) is 2.14. The molecule has 0 aliphatic rings. The molecule has 1 heterocycles. The Morgan fingerprint density at radius 2 is 2.44 bits per heavy atom. The van der Waals surface area contributed by atoms with Crippen molar-refractivity contribution in [2.24, 2.45) is 0 Å². The second-order valence-corrected chi connectivity index (χ2v) is 2.29. The lowest BCUT2D eigenvalue weighted by atomic mass is 10.1. The van der Waals surface area contributed by atoms with Gasteiger partial charge in [0.1, 0.15) is 0 Å². The zero-order chi connectivity index (χ0) is 6.85. The lowest BCUT2D eigenvalue weighted by Gasteiger charge is -1.94. The monoisotopic (exact) mass is 125 g/mol. The lowest BCUT2D eigenvalue weighted by Crippen LogP contribution is -2.27. The van der Waals surface area contributed by atoms with Crippen molar-refractivity contribution in [3.63, 3.8) is 0 Å². The molecule has 49 valence electrons. The molecule has 0 saturated heterocycles. The van der Waals surface area contributed by atoms with Crippen molar-refractivity contribution in [1.82, 2.24) is 5.10 Å². The molecule has 1 N–H and O–H groups in total. The van der Waals surface area contributed by atoms with Gasteiger partial charge in [-0.1, -0.05) is 18.7 Å². The van der Waals surface area contributed by atoms with Gasteiger partial charge in [0.15, 0.2) is 0 Å². The van der Waals surface area contributed by atoms with Crippen LogP contribution in [-0.4, -0.2) is 5.10 Å². The molecule has 3 heteroatoms. The maximum absolute atomic E-state index is 10.4. The van der Waals surface area contributed by atoms with Gasteiger partial charge in [0.05, 0.1) is 5.69 Å². The number of rotatable bonds is 1. The van der Waals surface area contributed by atoms with Crippen molar-refractivity contribution in [3.8, 4) is 0 Å². The maximum atomic E-state index is 10.4. The molecule has 0 atom stereocenters. The maximum Gasteiger partial charge on any atom is 0.318 e. The van der Waals surface area contributed by atoms with Crippen LogP contribution in [0.5, 0.6) is 0 Å². The first-order chi connectivity index (χ1) is 4.20. The minimum atomic E-state index is 0.372. The highest BCUT2D eigenvalue weighted by molar-refractivity contribution is 4.98. The van der Waals surface area contributed by atoms with E-state index in [4.69, 9.17) is 0 Å². The van der Waals surface area contributed by atoms with Crippen LogP contribution < -0.4 is 4.85 Å². The van der Waals surface area contributed by atoms with Crippen LogP contribution in [0.3, 0.4) is 0 Å². The Hall–Kier alpha value is -0.990. The SMILES string of the molecule is CC(C)c1c[c][n+]([O-])[nH]1. The summed E-state index contributed by atoms with van der Waals surface area (Å²) in [5.74, 6) is 0.372. The predicted octanol–water partition coefficient (Wildman–Crippen LogP) is 0.572. The molecule has 0 spiro atoms. The van der Waals surface area contributed by atoms with Crippen LogP contribution in [0.2, 0.25) is 0 Å². The molecule has 0 bridgehead atoms. The highest BCUT2D eigenvalue weighted by atomic mass is 16.5. The van der Waals surface area contributed by atoms with Crippen LogP contribution >= 0.6 is 0 Å². The quantitative estimate of drug-likeness (QED) is 0.432. The summed E-state index contributed by atoms with van der Waals surface area (Å²) < 4.78 is 0. The molecule has 0 aromatic carbocycles. The molecule has 0 aliphatic carbocycles. The Kier molecular flexibility index (Phi) is 1.42. The number of hydrogen-bond donors (Lipinski definition) is 1. The second-order valence-electron chi connectivity index (χ2n) is 2.29. The molecule has 0 unspecified atom stereocenters. The van der Waals surface area contributed by atoms with Crippen LogP contribution in [0, 0.1) is 11.4 Å². The summed E-state index contributed by atoms with van der Waals surface area (Å²) in [5.41, 5.74) is 0.921. The van der Waals surface area contributed by atoms with Crippen molar-refractivity contribution in [2.75, 3.05) is 0 Å². The van der Waals surface area contributed by atoms with E-state index in [1.54, 1.807) is 6.07 Å². The Balaban J connectivity index is 2.85. The van der Waals surface area contributed by atoms with E-state index in [9.17, 15) is 5.21 Å². The summed E-state index contributed by atoms with van der Waals surface area (Å²) >= 11 is 0. The molecular weight excluding hydrogens is 116 g/mol. The van der Waals surface area contributed by atoms with Gasteiger partial charge in [-0.15, -0.1) is 0 Å². The molecule has 1 aromatic rings. The van der Waals surface area contributed by atoms with Gasteiger partial charge in [0, 0.05) is 6.07 Å². The lowest BCUT2D eigenvalue weighted by molar-refractivity contribution is -0.669. The van der Waals surface area contributed by atoms with Crippen molar-refractivity contribution >= 4 is 0 Å². The van der Waals surface area contributed by atoms with Crippen LogP contribution in [-0.2, 0) is 0 Å². The van der Waals surface area contributed by atoms with E-state index in [0.29, 0.717) is 10.8 Å². The first kappa shape index (κ1) is 6.13. The smallest absolute Gasteiger partial charge is 0.318 e. The molecule has 0 amide bonds. The molecule has 0 aliphatic heterocycles. The Bertz CT molecular complexity index is 193. The minimum Gasteiger partial charge on any atom is -0.595 e. The van der Waals surface area contributed by atoms with Gasteiger partial charge in [-0.05, 0) is 5.92 Å². The van der Waals surface area contributed by atoms with Crippen LogP contribution in [0.1, 0.15) is 25.5 Å². The number of aromatic amines is 1. The topological polar surface area (TPSA) is 42.7 Å². The summed E-state index contributed by atoms with van der Waals surface area (Å²) in [7, 11) is 0. The van der Waals surface area contributed by atoms with Crippen LogP contribution in [0.25, 0.3) is 0 Å². The number of nitrogens with one attached hydrogen (secondary N) is 1. The van der Waals surface area contributed by atoms with E-state index in [2.05, 4.69) is 11.3 Å². The fraction of sp³-hybridized carbons (Fsp3) is 0.500. The van der Waals surface area contributed by atoms with E-state index in [0.717, 1.165) is 5.69 Å². The zero-order valence-corrected chi connectivity index (χ0v) is 5.51. The number of hydrogen-bond acceptors (Lipinski definition) is 1. The summed E-state index contributed by atoms with van der Waals surface area (Å²) in [4.78, 5) is 0.579. The van der Waals surface area contributed by atoms with Gasteiger partial charge in [-0.2, -0.15) is 5.10 Å². The largest absolute Gasteiger partial charge is 0.595 e. The van der Waals surface area contributed by atoms with Crippen molar-refractivity contribution < 1.29 is 4.85 Å². The first-order valence-electron chi connectivity index (χ1n) is 2.90. The summed E-state index contributed by atoms with van der Waals surface area (Å²) in [5, 5.41) is 13.0. The van der Waals surface area contributed by atoms with Gasteiger partial charge in [-0.3, -0.25) is 0 Å². The molecule has 1 radical (unpaired) electrons. The molecule has 0 saturated carbocycles. The second kappa shape index (κ2) is 2.09. The van der Waals surface area contributed by atoms with Gasteiger partial charge in [0.2, 0.25) is 0 Å². The third kappa shape index (κ3) is 1.22. The fourth-order valence-electron chi connectivity index (χ4n) is 0.606. The highest BCUT2D eigenvalue weighted by Gasteiger charge is 2.03. The van der Waals surface area contributed by atoms with Crippen LogP contribution in [0.15, 0.2) is 6.07 Å². The molecule has 1 aromatic heterocycles. The van der Waals surface area contributed by atoms with Gasteiger partial charge in [-0.25, -0.2) is 0 Å². The first-order valence-corrected chi connectivity index (χ1v) is 2.90. The van der Waals surface area contributed by atoms with E-state index < -0.39 is 0 Å². The van der Waals surface area contributed by atoms with Gasteiger partial charge >= 0.3 is 6.20 Å². The number of H-pyrrole nitrogens is 1. The predicted molar refractivity (Wildman–Crippen MR) is 32.7 cm³/mol. The van der Waals surface area contributed by atoms with Crippen LogP contribution in [0.4, 0.5) is 0 Å². The molecule has 3 nitrogen and oxygen atoms in total. The normalized spacial score (nSPS) is 10.6. The molecular formula is C6H9N2O. The molecule has 0 fully saturated rings. The summed E-state index contributed by atoms with van der Waals surface area (Å²) in [6.45, 7) is 4.03. The minimum absolute atomic E-state index is 0.372.